The zero-order valence-electron chi connectivity index (χ0n) is 26.0. The molecule has 1 saturated heterocycles. The molecule has 1 aliphatic rings. The summed E-state index contributed by atoms with van der Waals surface area (Å²) in [4.78, 5) is 74.4. The summed E-state index contributed by atoms with van der Waals surface area (Å²) in [6.45, 7) is 2.85. The SMILES string of the molecule is CCCC[C@H](NC(=O)c1ccccc1)C(=O)N1CCC[C@H]1C(=O)N[C@@H](CCCN=C(N)N)C(=O)N[C@H](C=O)CCCN=C(N)N. The van der Waals surface area contributed by atoms with Crippen LogP contribution in [0.1, 0.15) is 75.1 Å². The number of nitrogens with one attached hydrogen (secondary N) is 3. The first-order valence-corrected chi connectivity index (χ1v) is 15.4. The molecule has 2 rings (SSSR count). The fraction of sp³-hybridized carbons (Fsp3) is 0.567. The second-order valence-corrected chi connectivity index (χ2v) is 10.9. The number of likely N-dealkylation sites (tertiary alicyclic amines) is 1. The van der Waals surface area contributed by atoms with E-state index in [1.807, 2.05) is 6.92 Å². The summed E-state index contributed by atoms with van der Waals surface area (Å²) in [6.07, 6.45) is 4.83. The van der Waals surface area contributed by atoms with Crippen LogP contribution in [0.15, 0.2) is 40.3 Å². The summed E-state index contributed by atoms with van der Waals surface area (Å²) in [7, 11) is 0. The molecule has 1 aromatic carbocycles. The number of carbonyl (C=O) groups excluding carboxylic acids is 5. The normalized spacial score (nSPS) is 16.0. The van der Waals surface area contributed by atoms with Gasteiger partial charge in [0.25, 0.3) is 5.91 Å². The lowest BCUT2D eigenvalue weighted by molar-refractivity contribution is -0.141. The number of aldehydes is 1. The van der Waals surface area contributed by atoms with Gasteiger partial charge in [-0.05, 0) is 57.1 Å². The molecule has 4 amide bonds. The number of unbranched alkanes of at least 4 members (excludes halogenated alkanes) is 1. The Morgan fingerprint density at radius 1 is 0.889 bits per heavy atom. The molecule has 15 nitrogen and oxygen atoms in total. The number of rotatable bonds is 19. The van der Waals surface area contributed by atoms with Crippen molar-refractivity contribution in [2.24, 2.45) is 32.9 Å². The number of amides is 4. The number of nitrogens with two attached hydrogens (primary N) is 4. The Morgan fingerprint density at radius 2 is 1.51 bits per heavy atom. The standard InChI is InChI=1S/C30H48N10O5/c1-2-3-13-23(39-25(42)20-10-5-4-6-11-20)28(45)40-18-9-15-24(40)27(44)38-22(14-8-17-36-30(33)34)26(43)37-21(19-41)12-7-16-35-29(31)32/h4-6,10-11,19,21-24H,2-3,7-9,12-18H2,1H3,(H,37,43)(H,38,44)(H,39,42)(H4,31,32,35)(H4,33,34,36)/t21-,22-,23-,24-/m0/s1. The first-order chi connectivity index (χ1) is 21.6. The number of hydrogen-bond donors (Lipinski definition) is 7. The molecule has 45 heavy (non-hydrogen) atoms. The summed E-state index contributed by atoms with van der Waals surface area (Å²) in [6, 6.07) is 5.15. The lowest BCUT2D eigenvalue weighted by atomic mass is 10.1. The van der Waals surface area contributed by atoms with Gasteiger partial charge in [-0.3, -0.25) is 29.2 Å². The number of aliphatic imine (C=N–C) groups is 2. The quantitative estimate of drug-likeness (QED) is 0.0439. The molecule has 248 valence electrons. The molecule has 0 spiro atoms. The lowest BCUT2D eigenvalue weighted by Gasteiger charge is -2.30. The van der Waals surface area contributed by atoms with Crippen LogP contribution in [0, 0.1) is 0 Å². The Bertz CT molecular complexity index is 1180. The minimum Gasteiger partial charge on any atom is -0.370 e. The van der Waals surface area contributed by atoms with Gasteiger partial charge in [0.05, 0.1) is 6.04 Å². The maximum absolute atomic E-state index is 13.7. The molecule has 4 atom stereocenters. The van der Waals surface area contributed by atoms with E-state index in [1.165, 1.54) is 4.90 Å². The van der Waals surface area contributed by atoms with Gasteiger partial charge in [-0.15, -0.1) is 0 Å². The van der Waals surface area contributed by atoms with Crippen molar-refractivity contribution in [3.05, 3.63) is 35.9 Å². The molecule has 1 heterocycles. The highest BCUT2D eigenvalue weighted by Crippen LogP contribution is 2.21. The average Bonchev–Trinajstić information content (AvgIpc) is 3.52. The predicted octanol–water partition coefficient (Wildman–Crippen LogP) is -0.758. The number of guanidine groups is 2. The monoisotopic (exact) mass is 628 g/mol. The van der Waals surface area contributed by atoms with Gasteiger partial charge >= 0.3 is 0 Å². The van der Waals surface area contributed by atoms with Crippen LogP contribution >= 0.6 is 0 Å². The van der Waals surface area contributed by atoms with Crippen molar-refractivity contribution in [1.29, 1.82) is 0 Å². The predicted molar refractivity (Wildman–Crippen MR) is 172 cm³/mol. The molecule has 1 aromatic rings. The third kappa shape index (κ3) is 12.8. The molecule has 0 bridgehead atoms. The van der Waals surface area contributed by atoms with Gasteiger partial charge < -0.3 is 48.6 Å². The zero-order valence-corrected chi connectivity index (χ0v) is 26.0. The fourth-order valence-corrected chi connectivity index (χ4v) is 5.02. The van der Waals surface area contributed by atoms with Crippen molar-refractivity contribution in [2.75, 3.05) is 19.6 Å². The van der Waals surface area contributed by atoms with Gasteiger partial charge in [0.1, 0.15) is 24.4 Å². The Balaban J connectivity index is 2.15. The lowest BCUT2D eigenvalue weighted by Crippen LogP contribution is -2.57. The first kappa shape index (κ1) is 36.5. The number of hydrogen-bond acceptors (Lipinski definition) is 7. The van der Waals surface area contributed by atoms with Gasteiger partial charge in [-0.1, -0.05) is 38.0 Å². The van der Waals surface area contributed by atoms with E-state index in [0.29, 0.717) is 63.3 Å². The number of carbonyl (C=O) groups is 5. The molecule has 15 heteroatoms. The van der Waals surface area contributed by atoms with Gasteiger partial charge in [0.15, 0.2) is 11.9 Å². The third-order valence-corrected chi connectivity index (χ3v) is 7.36. The van der Waals surface area contributed by atoms with E-state index in [4.69, 9.17) is 22.9 Å². The van der Waals surface area contributed by atoms with E-state index < -0.39 is 36.0 Å². The second kappa shape index (κ2) is 19.6. The summed E-state index contributed by atoms with van der Waals surface area (Å²) >= 11 is 0. The largest absolute Gasteiger partial charge is 0.370 e. The van der Waals surface area contributed by atoms with Crippen molar-refractivity contribution in [1.82, 2.24) is 20.9 Å². The Morgan fingerprint density at radius 3 is 2.11 bits per heavy atom. The molecular weight excluding hydrogens is 580 g/mol. The molecule has 0 radical (unpaired) electrons. The van der Waals surface area contributed by atoms with Crippen LogP contribution in [0.3, 0.4) is 0 Å². The highest BCUT2D eigenvalue weighted by Gasteiger charge is 2.38. The van der Waals surface area contributed by atoms with Crippen molar-refractivity contribution >= 4 is 41.8 Å². The van der Waals surface area contributed by atoms with Gasteiger partial charge in [-0.2, -0.15) is 0 Å². The molecule has 0 saturated carbocycles. The Labute approximate surface area is 264 Å². The van der Waals surface area contributed by atoms with E-state index in [2.05, 4.69) is 25.9 Å². The van der Waals surface area contributed by atoms with E-state index in [-0.39, 0.29) is 43.2 Å². The van der Waals surface area contributed by atoms with Gasteiger partial charge in [0.2, 0.25) is 17.7 Å². The van der Waals surface area contributed by atoms with Crippen LogP contribution in [-0.4, -0.2) is 90.5 Å². The topological polar surface area (TPSA) is 253 Å². The second-order valence-electron chi connectivity index (χ2n) is 10.9. The Hall–Kier alpha value is -4.69. The van der Waals surface area contributed by atoms with E-state index in [1.54, 1.807) is 30.3 Å². The molecule has 11 N–H and O–H groups in total. The summed E-state index contributed by atoms with van der Waals surface area (Å²) in [5.74, 6) is -1.94. The first-order valence-electron chi connectivity index (χ1n) is 15.4. The molecule has 1 aliphatic heterocycles. The number of nitrogens with zero attached hydrogens (tertiary/aromatic N) is 3. The van der Waals surface area contributed by atoms with Crippen molar-refractivity contribution in [3.8, 4) is 0 Å². The van der Waals surface area contributed by atoms with Crippen LogP contribution in [0.4, 0.5) is 0 Å². The molecule has 0 unspecified atom stereocenters. The minimum atomic E-state index is -1.02. The van der Waals surface area contributed by atoms with E-state index in [9.17, 15) is 24.0 Å². The number of benzene rings is 1. The third-order valence-electron chi connectivity index (χ3n) is 7.36. The average molecular weight is 629 g/mol. The maximum atomic E-state index is 13.7. The Kier molecular flexibility index (Phi) is 15.9. The van der Waals surface area contributed by atoms with Crippen LogP contribution in [0.2, 0.25) is 0 Å². The molecule has 0 aliphatic carbocycles. The minimum absolute atomic E-state index is 0.0695. The van der Waals surface area contributed by atoms with Crippen LogP contribution in [0.25, 0.3) is 0 Å². The molecule has 0 aromatic heterocycles. The molecule has 1 fully saturated rings. The van der Waals surface area contributed by atoms with Crippen LogP contribution in [0.5, 0.6) is 0 Å². The van der Waals surface area contributed by atoms with Crippen LogP contribution in [-0.2, 0) is 19.2 Å². The summed E-state index contributed by atoms with van der Waals surface area (Å²) in [5.41, 5.74) is 21.9. The van der Waals surface area contributed by atoms with E-state index in [0.717, 1.165) is 6.42 Å². The maximum Gasteiger partial charge on any atom is 0.251 e. The summed E-state index contributed by atoms with van der Waals surface area (Å²) in [5, 5.41) is 8.29. The fourth-order valence-electron chi connectivity index (χ4n) is 5.02. The van der Waals surface area contributed by atoms with Crippen molar-refractivity contribution in [2.45, 2.75) is 88.9 Å². The van der Waals surface area contributed by atoms with E-state index >= 15 is 0 Å². The van der Waals surface area contributed by atoms with Crippen molar-refractivity contribution in [3.63, 3.8) is 0 Å². The highest BCUT2D eigenvalue weighted by atomic mass is 16.2. The molecular formula is C30H48N10O5. The smallest absolute Gasteiger partial charge is 0.251 e. The summed E-state index contributed by atoms with van der Waals surface area (Å²) < 4.78 is 0. The van der Waals surface area contributed by atoms with Crippen molar-refractivity contribution < 1.29 is 24.0 Å². The van der Waals surface area contributed by atoms with Gasteiger partial charge in [0, 0.05) is 25.2 Å². The van der Waals surface area contributed by atoms with Gasteiger partial charge in [-0.25, -0.2) is 0 Å². The highest BCUT2D eigenvalue weighted by molar-refractivity contribution is 5.99. The zero-order chi connectivity index (χ0) is 33.2. The van der Waals surface area contributed by atoms with Crippen LogP contribution < -0.4 is 38.9 Å².